The number of likely N-dealkylation sites (N-methyl/N-ethyl adjacent to an activating group) is 1. The zero-order chi connectivity index (χ0) is 19.8. The Morgan fingerprint density at radius 1 is 1.17 bits per heavy atom. The standard InChI is InChI=1S/C21H32N6S.HI/c1-3-25(4-2)19(16-18-8-6-5-7-9-18)17-24-20(22)26-11-13-27(14-12-26)21-23-10-15-28-21;/h5-10,15,19H,3-4,11-14,16-17H2,1-2H3,(H2,22,24);1H. The smallest absolute Gasteiger partial charge is 0.191 e. The summed E-state index contributed by atoms with van der Waals surface area (Å²) in [5.74, 6) is 0.670. The van der Waals surface area contributed by atoms with Crippen LogP contribution < -0.4 is 10.6 Å². The van der Waals surface area contributed by atoms with Crippen molar-refractivity contribution in [3.8, 4) is 0 Å². The lowest BCUT2D eigenvalue weighted by atomic mass is 10.0. The Hall–Kier alpha value is -1.39. The molecule has 8 heteroatoms. The van der Waals surface area contributed by atoms with Crippen molar-refractivity contribution in [2.24, 2.45) is 10.7 Å². The van der Waals surface area contributed by atoms with E-state index in [-0.39, 0.29) is 24.0 Å². The highest BCUT2D eigenvalue weighted by molar-refractivity contribution is 14.0. The van der Waals surface area contributed by atoms with Gasteiger partial charge in [0.15, 0.2) is 11.1 Å². The summed E-state index contributed by atoms with van der Waals surface area (Å²) in [6, 6.07) is 11.0. The van der Waals surface area contributed by atoms with Crippen molar-refractivity contribution in [1.29, 1.82) is 0 Å². The number of benzene rings is 1. The summed E-state index contributed by atoms with van der Waals surface area (Å²) in [5.41, 5.74) is 7.72. The van der Waals surface area contributed by atoms with E-state index >= 15 is 0 Å². The van der Waals surface area contributed by atoms with E-state index in [0.29, 0.717) is 12.0 Å². The summed E-state index contributed by atoms with van der Waals surface area (Å²) < 4.78 is 0. The second-order valence-electron chi connectivity index (χ2n) is 7.05. The number of hydrogen-bond donors (Lipinski definition) is 1. The lowest BCUT2D eigenvalue weighted by Crippen LogP contribution is -2.51. The predicted molar refractivity (Wildman–Crippen MR) is 135 cm³/mol. The molecule has 29 heavy (non-hydrogen) atoms. The Bertz CT molecular complexity index is 712. The first-order valence-electron chi connectivity index (χ1n) is 10.2. The van der Waals surface area contributed by atoms with Gasteiger partial charge in [-0.15, -0.1) is 35.3 Å². The highest BCUT2D eigenvalue weighted by atomic mass is 127. The van der Waals surface area contributed by atoms with Crippen LogP contribution in [0.2, 0.25) is 0 Å². The molecule has 0 radical (unpaired) electrons. The van der Waals surface area contributed by atoms with Gasteiger partial charge in [-0.3, -0.25) is 9.89 Å². The Labute approximate surface area is 195 Å². The monoisotopic (exact) mass is 528 g/mol. The highest BCUT2D eigenvalue weighted by Gasteiger charge is 2.21. The van der Waals surface area contributed by atoms with Crippen molar-refractivity contribution in [2.75, 3.05) is 50.7 Å². The molecule has 1 aliphatic rings. The molecule has 2 aromatic rings. The minimum Gasteiger partial charge on any atom is -0.370 e. The number of aromatic nitrogens is 1. The third-order valence-corrected chi connectivity index (χ3v) is 6.23. The van der Waals surface area contributed by atoms with Crippen LogP contribution in [0.3, 0.4) is 0 Å². The summed E-state index contributed by atoms with van der Waals surface area (Å²) in [5, 5.41) is 3.12. The first-order chi connectivity index (χ1) is 13.7. The molecule has 0 saturated carbocycles. The van der Waals surface area contributed by atoms with Gasteiger partial charge in [0.2, 0.25) is 0 Å². The maximum Gasteiger partial charge on any atom is 0.191 e. The average molecular weight is 529 g/mol. The molecule has 1 aliphatic heterocycles. The number of rotatable bonds is 8. The van der Waals surface area contributed by atoms with Crippen molar-refractivity contribution in [1.82, 2.24) is 14.8 Å². The minimum atomic E-state index is 0. The molecular weight excluding hydrogens is 495 g/mol. The third kappa shape index (κ3) is 6.82. The number of aliphatic imine (C=N–C) groups is 1. The van der Waals surface area contributed by atoms with Gasteiger partial charge in [-0.25, -0.2) is 4.98 Å². The van der Waals surface area contributed by atoms with Gasteiger partial charge >= 0.3 is 0 Å². The van der Waals surface area contributed by atoms with Crippen molar-refractivity contribution in [3.63, 3.8) is 0 Å². The quantitative estimate of drug-likeness (QED) is 0.324. The number of thiazole rings is 1. The normalized spacial score (nSPS) is 16.0. The number of hydrogen-bond acceptors (Lipinski definition) is 5. The third-order valence-electron chi connectivity index (χ3n) is 5.40. The van der Waals surface area contributed by atoms with Gasteiger partial charge in [-0.05, 0) is 25.1 Å². The minimum absolute atomic E-state index is 0. The maximum absolute atomic E-state index is 6.36. The van der Waals surface area contributed by atoms with Crippen LogP contribution in [-0.2, 0) is 6.42 Å². The molecular formula is C21H33IN6S. The fourth-order valence-corrected chi connectivity index (χ4v) is 4.43. The van der Waals surface area contributed by atoms with Crippen molar-refractivity contribution >= 4 is 46.4 Å². The molecule has 160 valence electrons. The van der Waals surface area contributed by atoms with Crippen LogP contribution in [0.5, 0.6) is 0 Å². The van der Waals surface area contributed by atoms with E-state index in [1.165, 1.54) is 5.56 Å². The van der Waals surface area contributed by atoms with Gasteiger partial charge in [0.25, 0.3) is 0 Å². The topological polar surface area (TPSA) is 61.0 Å². The van der Waals surface area contributed by atoms with Crippen LogP contribution in [0.4, 0.5) is 5.13 Å². The second-order valence-corrected chi connectivity index (χ2v) is 7.93. The summed E-state index contributed by atoms with van der Waals surface area (Å²) >= 11 is 1.69. The SMILES string of the molecule is CCN(CC)C(CN=C(N)N1CCN(c2nccs2)CC1)Cc1ccccc1.I. The fraction of sp³-hybridized carbons (Fsp3) is 0.524. The number of nitrogens with two attached hydrogens (primary N) is 1. The van der Waals surface area contributed by atoms with E-state index in [9.17, 15) is 0 Å². The Morgan fingerprint density at radius 3 is 2.45 bits per heavy atom. The van der Waals surface area contributed by atoms with Gasteiger partial charge < -0.3 is 15.5 Å². The number of guanidine groups is 1. The molecule has 1 unspecified atom stereocenters. The van der Waals surface area contributed by atoms with E-state index in [4.69, 9.17) is 10.7 Å². The first-order valence-corrected chi connectivity index (χ1v) is 11.1. The average Bonchev–Trinajstić information content (AvgIpc) is 3.28. The molecule has 3 rings (SSSR count). The molecule has 0 bridgehead atoms. The van der Waals surface area contributed by atoms with Crippen LogP contribution >= 0.6 is 35.3 Å². The lowest BCUT2D eigenvalue weighted by molar-refractivity contribution is 0.220. The number of anilines is 1. The molecule has 1 atom stereocenters. The molecule has 6 nitrogen and oxygen atoms in total. The summed E-state index contributed by atoms with van der Waals surface area (Å²) in [6.07, 6.45) is 2.86. The molecule has 2 N–H and O–H groups in total. The number of nitrogens with zero attached hydrogens (tertiary/aromatic N) is 5. The van der Waals surface area contributed by atoms with Crippen LogP contribution in [0.25, 0.3) is 0 Å². The highest BCUT2D eigenvalue weighted by Crippen LogP contribution is 2.18. The van der Waals surface area contributed by atoms with Crippen LogP contribution in [-0.4, -0.2) is 72.6 Å². The molecule has 0 spiro atoms. The van der Waals surface area contributed by atoms with Gasteiger partial charge in [0.1, 0.15) is 0 Å². The van der Waals surface area contributed by atoms with Crippen molar-refractivity contribution in [3.05, 3.63) is 47.5 Å². The molecule has 1 aromatic heterocycles. The van der Waals surface area contributed by atoms with E-state index in [1.54, 1.807) is 11.3 Å². The van der Waals surface area contributed by atoms with E-state index < -0.39 is 0 Å². The molecule has 0 amide bonds. The van der Waals surface area contributed by atoms with Crippen LogP contribution in [0.1, 0.15) is 19.4 Å². The maximum atomic E-state index is 6.36. The Kier molecular flexibility index (Phi) is 10.2. The van der Waals surface area contributed by atoms with Gasteiger partial charge in [-0.1, -0.05) is 44.2 Å². The largest absolute Gasteiger partial charge is 0.370 e. The van der Waals surface area contributed by atoms with Gasteiger partial charge in [-0.2, -0.15) is 0 Å². The predicted octanol–water partition coefficient (Wildman–Crippen LogP) is 3.15. The Balaban J connectivity index is 0.00000300. The van der Waals surface area contributed by atoms with Crippen LogP contribution in [0.15, 0.2) is 46.9 Å². The zero-order valence-corrected chi connectivity index (χ0v) is 20.6. The Morgan fingerprint density at radius 2 is 1.86 bits per heavy atom. The second kappa shape index (κ2) is 12.3. The molecule has 1 saturated heterocycles. The number of piperazine rings is 1. The van der Waals surface area contributed by atoms with Crippen molar-refractivity contribution < 1.29 is 0 Å². The van der Waals surface area contributed by atoms with Crippen LogP contribution in [0, 0.1) is 0 Å². The van der Waals surface area contributed by atoms with E-state index in [1.807, 2.05) is 11.6 Å². The molecule has 2 heterocycles. The molecule has 1 fully saturated rings. The van der Waals surface area contributed by atoms with Gasteiger partial charge in [0, 0.05) is 43.8 Å². The fourth-order valence-electron chi connectivity index (χ4n) is 3.73. The van der Waals surface area contributed by atoms with Crippen molar-refractivity contribution in [2.45, 2.75) is 26.3 Å². The number of halogens is 1. The molecule has 1 aromatic carbocycles. The summed E-state index contributed by atoms with van der Waals surface area (Å²) in [6.45, 7) is 10.9. The molecule has 0 aliphatic carbocycles. The van der Waals surface area contributed by atoms with E-state index in [0.717, 1.165) is 57.4 Å². The summed E-state index contributed by atoms with van der Waals surface area (Å²) in [7, 11) is 0. The first kappa shape index (κ1) is 23.9. The zero-order valence-electron chi connectivity index (χ0n) is 17.4. The summed E-state index contributed by atoms with van der Waals surface area (Å²) in [4.78, 5) is 16.2. The lowest BCUT2D eigenvalue weighted by Gasteiger charge is -2.35. The van der Waals surface area contributed by atoms with Gasteiger partial charge in [0.05, 0.1) is 6.54 Å². The van der Waals surface area contributed by atoms with E-state index in [2.05, 4.69) is 63.9 Å².